The van der Waals surface area contributed by atoms with E-state index in [1.807, 2.05) is 19.1 Å². The summed E-state index contributed by atoms with van der Waals surface area (Å²) in [5, 5.41) is 0. The van der Waals surface area contributed by atoms with Gasteiger partial charge in [0.05, 0.1) is 13.5 Å². The zero-order valence-corrected chi connectivity index (χ0v) is 10.2. The van der Waals surface area contributed by atoms with Crippen LogP contribution < -0.4 is 0 Å². The van der Waals surface area contributed by atoms with Crippen molar-refractivity contribution in [3.63, 3.8) is 0 Å². The molecule has 2 rings (SSSR count). The largest absolute Gasteiger partial charge is 0.469 e. The number of hydrogen-bond acceptors (Lipinski definition) is 3. The average Bonchev–Trinajstić information content (AvgIpc) is 2.74. The molecule has 1 atom stereocenters. The topological polar surface area (TPSA) is 43.4 Å². The quantitative estimate of drug-likeness (QED) is 0.593. The summed E-state index contributed by atoms with van der Waals surface area (Å²) >= 11 is 0. The van der Waals surface area contributed by atoms with E-state index in [4.69, 9.17) is 4.74 Å². The fourth-order valence-corrected chi connectivity index (χ4v) is 2.61. The van der Waals surface area contributed by atoms with Gasteiger partial charge in [-0.3, -0.25) is 9.59 Å². The third-order valence-corrected chi connectivity index (χ3v) is 3.63. The van der Waals surface area contributed by atoms with Gasteiger partial charge in [0.2, 0.25) is 0 Å². The number of fused-ring (bicyclic) bond motifs is 1. The van der Waals surface area contributed by atoms with Crippen LogP contribution in [-0.4, -0.2) is 19.4 Å². The second-order valence-electron chi connectivity index (χ2n) is 4.48. The molecule has 0 amide bonds. The fourth-order valence-electron chi connectivity index (χ4n) is 2.61. The van der Waals surface area contributed by atoms with Crippen molar-refractivity contribution >= 4 is 12.3 Å². The molecule has 0 bridgehead atoms. The van der Waals surface area contributed by atoms with E-state index < -0.39 is 0 Å². The standard InChI is InChI=1S/C14H16O3/c1-9-11(8-15)4-6-13-10(3-5-12(9)13)7-14(16)17-2/h4,6,8,10H,3,5,7H2,1-2H3. The minimum absolute atomic E-state index is 0.167. The van der Waals surface area contributed by atoms with Crippen LogP contribution in [0.4, 0.5) is 0 Å². The van der Waals surface area contributed by atoms with Gasteiger partial charge >= 0.3 is 5.97 Å². The number of methoxy groups -OCH3 is 1. The molecule has 17 heavy (non-hydrogen) atoms. The van der Waals surface area contributed by atoms with Crippen LogP contribution in [0.3, 0.4) is 0 Å². The Labute approximate surface area is 101 Å². The molecule has 0 saturated heterocycles. The maximum atomic E-state index is 11.3. The second kappa shape index (κ2) is 4.70. The van der Waals surface area contributed by atoms with Gasteiger partial charge in [0.25, 0.3) is 0 Å². The minimum Gasteiger partial charge on any atom is -0.469 e. The highest BCUT2D eigenvalue weighted by atomic mass is 16.5. The SMILES string of the molecule is COC(=O)CC1CCc2c1ccc(C=O)c2C. The lowest BCUT2D eigenvalue weighted by molar-refractivity contribution is -0.141. The lowest BCUT2D eigenvalue weighted by Crippen LogP contribution is -2.06. The predicted octanol–water partition coefficient (Wildman–Crippen LogP) is 2.40. The normalized spacial score (nSPS) is 17.6. The number of hydrogen-bond donors (Lipinski definition) is 0. The molecule has 1 aliphatic rings. The Balaban J connectivity index is 2.30. The second-order valence-corrected chi connectivity index (χ2v) is 4.48. The van der Waals surface area contributed by atoms with Crippen molar-refractivity contribution in [2.75, 3.05) is 7.11 Å². The molecular formula is C14H16O3. The Morgan fingerprint density at radius 2 is 2.29 bits per heavy atom. The zero-order valence-electron chi connectivity index (χ0n) is 10.2. The van der Waals surface area contributed by atoms with E-state index in [-0.39, 0.29) is 11.9 Å². The van der Waals surface area contributed by atoms with Crippen LogP contribution in [0.25, 0.3) is 0 Å². The van der Waals surface area contributed by atoms with Gasteiger partial charge in [0.15, 0.2) is 0 Å². The van der Waals surface area contributed by atoms with Crippen LogP contribution in [0.2, 0.25) is 0 Å². The first-order chi connectivity index (χ1) is 8.17. The lowest BCUT2D eigenvalue weighted by Gasteiger charge is -2.11. The zero-order chi connectivity index (χ0) is 12.4. The number of carbonyl (C=O) groups excluding carboxylic acids is 2. The number of benzene rings is 1. The molecule has 1 aliphatic carbocycles. The molecule has 1 aromatic rings. The molecule has 0 heterocycles. The first-order valence-electron chi connectivity index (χ1n) is 5.81. The summed E-state index contributed by atoms with van der Waals surface area (Å²) in [6, 6.07) is 3.82. The van der Waals surface area contributed by atoms with Gasteiger partial charge in [-0.2, -0.15) is 0 Å². The lowest BCUT2D eigenvalue weighted by atomic mass is 9.94. The molecule has 0 aliphatic heterocycles. The summed E-state index contributed by atoms with van der Waals surface area (Å²) in [4.78, 5) is 22.2. The van der Waals surface area contributed by atoms with Crippen LogP contribution in [0.5, 0.6) is 0 Å². The minimum atomic E-state index is -0.167. The van der Waals surface area contributed by atoms with Crippen molar-refractivity contribution in [2.45, 2.75) is 32.1 Å². The Bertz CT molecular complexity index is 463. The molecule has 0 radical (unpaired) electrons. The van der Waals surface area contributed by atoms with Gasteiger partial charge in [0, 0.05) is 5.56 Å². The first kappa shape index (κ1) is 11.8. The van der Waals surface area contributed by atoms with E-state index in [0.29, 0.717) is 6.42 Å². The van der Waals surface area contributed by atoms with Gasteiger partial charge in [-0.25, -0.2) is 0 Å². The third-order valence-electron chi connectivity index (χ3n) is 3.63. The fraction of sp³-hybridized carbons (Fsp3) is 0.429. The van der Waals surface area contributed by atoms with E-state index in [9.17, 15) is 9.59 Å². The van der Waals surface area contributed by atoms with Crippen LogP contribution in [0.1, 0.15) is 45.8 Å². The summed E-state index contributed by atoms with van der Waals surface area (Å²) in [6.45, 7) is 1.98. The van der Waals surface area contributed by atoms with Crippen molar-refractivity contribution < 1.29 is 14.3 Å². The summed E-state index contributed by atoms with van der Waals surface area (Å²) in [5.74, 6) is 0.0804. The van der Waals surface area contributed by atoms with E-state index in [1.54, 1.807) is 0 Å². The van der Waals surface area contributed by atoms with Gasteiger partial charge in [-0.1, -0.05) is 12.1 Å². The predicted molar refractivity (Wildman–Crippen MR) is 64.3 cm³/mol. The highest BCUT2D eigenvalue weighted by Crippen LogP contribution is 2.37. The first-order valence-corrected chi connectivity index (χ1v) is 5.81. The molecule has 0 spiro atoms. The van der Waals surface area contributed by atoms with Crippen molar-refractivity contribution in [2.24, 2.45) is 0 Å². The van der Waals surface area contributed by atoms with Gasteiger partial charge < -0.3 is 4.74 Å². The van der Waals surface area contributed by atoms with E-state index >= 15 is 0 Å². The molecule has 1 unspecified atom stereocenters. The summed E-state index contributed by atoms with van der Waals surface area (Å²) in [7, 11) is 1.42. The molecule has 0 aromatic heterocycles. The Hall–Kier alpha value is -1.64. The van der Waals surface area contributed by atoms with Gasteiger partial charge in [-0.05, 0) is 42.4 Å². The number of carbonyl (C=O) groups is 2. The highest BCUT2D eigenvalue weighted by molar-refractivity contribution is 5.79. The van der Waals surface area contributed by atoms with E-state index in [1.165, 1.54) is 18.2 Å². The molecule has 3 heteroatoms. The summed E-state index contributed by atoms with van der Waals surface area (Å²) in [5.41, 5.74) is 4.26. The number of ether oxygens (including phenoxy) is 1. The van der Waals surface area contributed by atoms with Crippen molar-refractivity contribution in [1.29, 1.82) is 0 Å². The number of rotatable bonds is 3. The van der Waals surface area contributed by atoms with Crippen LogP contribution in [0.15, 0.2) is 12.1 Å². The van der Waals surface area contributed by atoms with Gasteiger partial charge in [0.1, 0.15) is 6.29 Å². The molecule has 0 saturated carbocycles. The van der Waals surface area contributed by atoms with Crippen LogP contribution in [0, 0.1) is 6.92 Å². The van der Waals surface area contributed by atoms with Gasteiger partial charge in [-0.15, -0.1) is 0 Å². The highest BCUT2D eigenvalue weighted by Gasteiger charge is 2.26. The third kappa shape index (κ3) is 2.09. The summed E-state index contributed by atoms with van der Waals surface area (Å²) < 4.78 is 4.71. The molecule has 0 fully saturated rings. The Kier molecular flexibility index (Phi) is 3.27. The van der Waals surface area contributed by atoms with Crippen LogP contribution >= 0.6 is 0 Å². The smallest absolute Gasteiger partial charge is 0.306 e. The Morgan fingerprint density at radius 3 is 2.94 bits per heavy atom. The molecule has 90 valence electrons. The molecule has 3 nitrogen and oxygen atoms in total. The average molecular weight is 232 g/mol. The van der Waals surface area contributed by atoms with E-state index in [0.717, 1.165) is 30.3 Å². The maximum absolute atomic E-state index is 11.3. The molecule has 0 N–H and O–H groups in total. The van der Waals surface area contributed by atoms with Crippen molar-refractivity contribution in [1.82, 2.24) is 0 Å². The Morgan fingerprint density at radius 1 is 1.53 bits per heavy atom. The van der Waals surface area contributed by atoms with E-state index in [2.05, 4.69) is 0 Å². The number of aldehydes is 1. The van der Waals surface area contributed by atoms with Crippen LogP contribution in [-0.2, 0) is 16.0 Å². The monoisotopic (exact) mass is 232 g/mol. The van der Waals surface area contributed by atoms with Crippen molar-refractivity contribution in [3.05, 3.63) is 34.4 Å². The number of esters is 1. The molecule has 1 aromatic carbocycles. The van der Waals surface area contributed by atoms with Crippen molar-refractivity contribution in [3.8, 4) is 0 Å². The maximum Gasteiger partial charge on any atom is 0.306 e. The molecular weight excluding hydrogens is 216 g/mol. The summed E-state index contributed by atoms with van der Waals surface area (Å²) in [6.07, 6.45) is 3.24.